The average molecular weight is 877 g/mol. The lowest BCUT2D eigenvalue weighted by atomic mass is 9.76. The van der Waals surface area contributed by atoms with Crippen LogP contribution in [0.5, 0.6) is 34.5 Å². The fourth-order valence-electron chi connectivity index (χ4n) is 8.33. The van der Waals surface area contributed by atoms with E-state index in [-0.39, 0.29) is 62.5 Å². The fraction of sp³-hybridized carbons (Fsp3) is 0.220. The normalized spacial score (nSPS) is 13.0. The van der Waals surface area contributed by atoms with Gasteiger partial charge in [-0.25, -0.2) is 14.4 Å². The molecule has 1 spiro atoms. The van der Waals surface area contributed by atoms with Gasteiger partial charge in [0.1, 0.15) is 34.5 Å². The third kappa shape index (κ3) is 7.85. The number of esters is 3. The first-order valence-electron chi connectivity index (χ1n) is 21.1. The van der Waals surface area contributed by atoms with Gasteiger partial charge < -0.3 is 49.3 Å². The molecule has 9 rings (SSSR count). The molecule has 2 aromatic heterocycles. The van der Waals surface area contributed by atoms with Crippen molar-refractivity contribution in [1.29, 1.82) is 0 Å². The molecule has 0 saturated heterocycles. The van der Waals surface area contributed by atoms with E-state index in [9.17, 15) is 24.6 Å². The predicted octanol–water partition coefficient (Wildman–Crippen LogP) is 8.49. The molecular formula is C50H44N4O11. The number of nitrogens with one attached hydrogen (secondary N) is 2. The summed E-state index contributed by atoms with van der Waals surface area (Å²) >= 11 is 0. The van der Waals surface area contributed by atoms with E-state index in [0.29, 0.717) is 67.3 Å². The highest BCUT2D eigenvalue weighted by atomic mass is 16.6. The number of carbonyl (C=O) groups is 3. The zero-order chi connectivity index (χ0) is 45.4. The van der Waals surface area contributed by atoms with Crippen LogP contribution in [0, 0.1) is 13.8 Å². The maximum atomic E-state index is 13.8. The van der Waals surface area contributed by atoms with Crippen LogP contribution in [0.4, 0.5) is 11.4 Å². The molecule has 2 aliphatic heterocycles. The third-order valence-corrected chi connectivity index (χ3v) is 11.3. The molecule has 0 saturated carbocycles. The van der Waals surface area contributed by atoms with Crippen molar-refractivity contribution < 1.29 is 53.0 Å². The summed E-state index contributed by atoms with van der Waals surface area (Å²) in [6.45, 7) is 6.97. The topological polar surface area (TPSA) is 197 Å². The highest BCUT2D eigenvalue weighted by molar-refractivity contribution is 5.97. The van der Waals surface area contributed by atoms with Gasteiger partial charge in [-0.1, -0.05) is 30.3 Å². The Kier molecular flexibility index (Phi) is 11.2. The molecule has 5 aromatic carbocycles. The van der Waals surface area contributed by atoms with Crippen molar-refractivity contribution in [3.05, 3.63) is 142 Å². The Labute approximate surface area is 372 Å². The minimum atomic E-state index is -1.56. The number of phenols is 2. The van der Waals surface area contributed by atoms with Gasteiger partial charge >= 0.3 is 17.9 Å². The lowest BCUT2D eigenvalue weighted by Crippen LogP contribution is -2.34. The average Bonchev–Trinajstić information content (AvgIpc) is 3.58. The number of aromatic nitrogens is 2. The molecule has 65 heavy (non-hydrogen) atoms. The number of anilines is 2. The second kappa shape index (κ2) is 17.2. The van der Waals surface area contributed by atoms with E-state index in [4.69, 9.17) is 38.4 Å². The predicted molar refractivity (Wildman–Crippen MR) is 240 cm³/mol. The molecule has 2 aliphatic rings. The Morgan fingerprint density at radius 1 is 0.646 bits per heavy atom. The van der Waals surface area contributed by atoms with E-state index in [0.717, 1.165) is 22.2 Å². The highest BCUT2D eigenvalue weighted by Crippen LogP contribution is 2.59. The Morgan fingerprint density at radius 3 is 1.63 bits per heavy atom. The second-order valence-electron chi connectivity index (χ2n) is 15.5. The number of fused-ring (bicyclic) bond motifs is 8. The monoisotopic (exact) mass is 876 g/mol. The van der Waals surface area contributed by atoms with E-state index in [1.165, 1.54) is 12.1 Å². The van der Waals surface area contributed by atoms with Gasteiger partial charge in [-0.3, -0.25) is 9.97 Å². The van der Waals surface area contributed by atoms with Gasteiger partial charge in [-0.15, -0.1) is 0 Å². The van der Waals surface area contributed by atoms with Crippen molar-refractivity contribution in [2.45, 2.75) is 46.4 Å². The molecule has 4 N–H and O–H groups in total. The van der Waals surface area contributed by atoms with Crippen molar-refractivity contribution in [3.8, 4) is 34.5 Å². The minimum Gasteiger partial charge on any atom is -0.507 e. The second-order valence-corrected chi connectivity index (χ2v) is 15.5. The summed E-state index contributed by atoms with van der Waals surface area (Å²) in [4.78, 5) is 47.8. The zero-order valence-electron chi connectivity index (χ0n) is 35.9. The van der Waals surface area contributed by atoms with Crippen LogP contribution < -0.4 is 24.8 Å². The number of aryl methyl sites for hydroxylation is 2. The summed E-state index contributed by atoms with van der Waals surface area (Å²) < 4.78 is 35.1. The number of ether oxygens (including phenoxy) is 6. The van der Waals surface area contributed by atoms with Crippen LogP contribution in [0.3, 0.4) is 0 Å². The van der Waals surface area contributed by atoms with E-state index < -0.39 is 23.5 Å². The quantitative estimate of drug-likeness (QED) is 0.0599. The van der Waals surface area contributed by atoms with Crippen molar-refractivity contribution in [3.63, 3.8) is 0 Å². The zero-order valence-corrected chi connectivity index (χ0v) is 35.9. The molecule has 15 nitrogen and oxygen atoms in total. The van der Waals surface area contributed by atoms with Gasteiger partial charge in [-0.05, 0) is 82.3 Å². The Morgan fingerprint density at radius 2 is 1.14 bits per heavy atom. The first-order chi connectivity index (χ1) is 31.5. The van der Waals surface area contributed by atoms with Gasteiger partial charge in [0.25, 0.3) is 0 Å². The van der Waals surface area contributed by atoms with E-state index in [1.54, 1.807) is 62.4 Å². The van der Waals surface area contributed by atoms with E-state index in [1.807, 2.05) is 50.2 Å². The van der Waals surface area contributed by atoms with Gasteiger partial charge in [0.15, 0.2) is 18.8 Å². The first kappa shape index (κ1) is 42.2. The molecule has 0 fully saturated rings. The molecule has 0 radical (unpaired) electrons. The van der Waals surface area contributed by atoms with Crippen molar-refractivity contribution in [2.24, 2.45) is 0 Å². The number of aromatic hydroxyl groups is 2. The van der Waals surface area contributed by atoms with Crippen LogP contribution in [0.2, 0.25) is 0 Å². The number of rotatable bonds is 14. The molecule has 0 atom stereocenters. The lowest BCUT2D eigenvalue weighted by molar-refractivity contribution is -0.146. The smallest absolute Gasteiger partial charge is 0.344 e. The van der Waals surface area contributed by atoms with Gasteiger partial charge in [-0.2, -0.15) is 0 Å². The van der Waals surface area contributed by atoms with Crippen LogP contribution >= 0.6 is 0 Å². The summed E-state index contributed by atoms with van der Waals surface area (Å²) in [6, 6.07) is 28.0. The first-order valence-corrected chi connectivity index (χ1v) is 21.1. The van der Waals surface area contributed by atoms with Crippen LogP contribution in [-0.4, -0.2) is 64.5 Å². The largest absolute Gasteiger partial charge is 0.507 e. The molecule has 4 heterocycles. The Bertz CT molecular complexity index is 2890. The Balaban J connectivity index is 1.13. The fourth-order valence-corrected chi connectivity index (χ4v) is 8.33. The molecule has 0 unspecified atom stereocenters. The summed E-state index contributed by atoms with van der Waals surface area (Å²) in [5.41, 5.74) is 4.71. The number of hydrogen-bond acceptors (Lipinski definition) is 15. The summed E-state index contributed by atoms with van der Waals surface area (Å²) in [7, 11) is 0. The number of nitrogens with zero attached hydrogens (tertiary/aromatic N) is 2. The van der Waals surface area contributed by atoms with E-state index >= 15 is 0 Å². The number of benzene rings is 5. The highest BCUT2D eigenvalue weighted by Gasteiger charge is 2.54. The van der Waals surface area contributed by atoms with Gasteiger partial charge in [0.2, 0.25) is 0 Å². The molecular weight excluding hydrogens is 833 g/mol. The van der Waals surface area contributed by atoms with Crippen LogP contribution in [0.1, 0.15) is 63.4 Å². The van der Waals surface area contributed by atoms with Gasteiger partial charge in [0.05, 0.1) is 52.3 Å². The number of hydrogen-bond donors (Lipinski definition) is 4. The summed E-state index contributed by atoms with van der Waals surface area (Å²) in [6.07, 6.45) is 0. The van der Waals surface area contributed by atoms with Crippen LogP contribution in [0.15, 0.2) is 97.1 Å². The standard InChI is InChI=1S/C50H44N4O11/c1-5-60-43(57)25-62-31-19-29-13-11-27(3)53-45(29)39(21-31)51-23-34-41(55)17-15-37-47(34)64-48-35(42(56)18-16-38(48)50(37)36-10-8-7-9-33(36)49(59)65-50)24-52-40-22-32(63-26-44(58)61-6-2)20-30-14-12-28(4)54-46(30)40/h7-22,51-52,55-56H,5-6,23-26H2,1-4H3. The molecule has 0 bridgehead atoms. The third-order valence-electron chi connectivity index (χ3n) is 11.3. The van der Waals surface area contributed by atoms with Crippen molar-refractivity contribution in [1.82, 2.24) is 9.97 Å². The number of carbonyl (C=O) groups excluding carboxylic acids is 3. The molecule has 330 valence electrons. The number of pyridine rings is 2. The maximum Gasteiger partial charge on any atom is 0.344 e. The van der Waals surface area contributed by atoms with Gasteiger partial charge in [0, 0.05) is 64.1 Å². The minimum absolute atomic E-state index is 0.0237. The Hall–Kier alpha value is -8.07. The summed E-state index contributed by atoms with van der Waals surface area (Å²) in [5.74, 6) is -0.661. The number of phenolic OH excluding ortho intramolecular Hbond substituents is 2. The molecule has 0 amide bonds. The summed E-state index contributed by atoms with van der Waals surface area (Å²) in [5, 5.41) is 31.7. The van der Waals surface area contributed by atoms with E-state index in [2.05, 4.69) is 10.6 Å². The molecule has 0 aliphatic carbocycles. The molecule has 15 heteroatoms. The molecule has 7 aromatic rings. The van der Waals surface area contributed by atoms with Crippen molar-refractivity contribution >= 4 is 51.1 Å². The van der Waals surface area contributed by atoms with Crippen molar-refractivity contribution in [2.75, 3.05) is 37.1 Å². The van der Waals surface area contributed by atoms with Crippen LogP contribution in [-0.2, 0) is 42.5 Å². The van der Waals surface area contributed by atoms with Crippen LogP contribution in [0.25, 0.3) is 21.8 Å². The maximum absolute atomic E-state index is 13.8. The SMILES string of the molecule is CCOC(=O)COc1cc(NCc2c(O)ccc3c2Oc2c(ccc(O)c2CNc2cc(OCC(=O)OCC)cc4ccc(C)nc24)C32OC(=O)c3ccccc32)c2nc(C)ccc2c1. The lowest BCUT2D eigenvalue weighted by Gasteiger charge is -2.38.